The second-order valence-corrected chi connectivity index (χ2v) is 4.30. The summed E-state index contributed by atoms with van der Waals surface area (Å²) < 4.78 is 37.7. The van der Waals surface area contributed by atoms with Crippen molar-refractivity contribution >= 4 is 15.9 Å². The van der Waals surface area contributed by atoms with E-state index in [9.17, 15) is 13.2 Å². The summed E-state index contributed by atoms with van der Waals surface area (Å²) in [4.78, 5) is 5.86. The van der Waals surface area contributed by atoms with E-state index in [0.29, 0.717) is 15.6 Å². The van der Waals surface area contributed by atoms with Crippen molar-refractivity contribution in [1.29, 1.82) is 5.26 Å². The zero-order chi connectivity index (χ0) is 13.3. The fourth-order valence-electron chi connectivity index (χ4n) is 1.37. The lowest BCUT2D eigenvalue weighted by molar-refractivity contribution is -0.140. The molecule has 0 unspecified atom stereocenters. The fourth-order valence-corrected chi connectivity index (χ4v) is 1.83. The van der Waals surface area contributed by atoms with Crippen LogP contribution in [0.1, 0.15) is 11.3 Å². The van der Waals surface area contributed by atoms with E-state index in [1.807, 2.05) is 6.07 Å². The summed E-state index contributed by atoms with van der Waals surface area (Å²) in [7, 11) is 0. The summed E-state index contributed by atoms with van der Waals surface area (Å²) in [6.07, 6.45) is -3.71. The van der Waals surface area contributed by atoms with Gasteiger partial charge in [0.05, 0.1) is 11.8 Å². The van der Waals surface area contributed by atoms with Gasteiger partial charge in [0.1, 0.15) is 17.6 Å². The summed E-state index contributed by atoms with van der Waals surface area (Å²) in [5.41, 5.74) is -0.0318. The molecule has 0 aliphatic carbocycles. The molecule has 0 aliphatic heterocycles. The summed E-state index contributed by atoms with van der Waals surface area (Å²) in [5, 5.41) is 8.74. The Kier molecular flexibility index (Phi) is 3.13. The average Bonchev–Trinajstić information content (AvgIpc) is 2.77. The topological polar surface area (TPSA) is 52.5 Å². The second-order valence-electron chi connectivity index (χ2n) is 3.45. The summed E-state index contributed by atoms with van der Waals surface area (Å²) in [5.74, 6) is 0.104. The molecule has 92 valence electrons. The van der Waals surface area contributed by atoms with Gasteiger partial charge in [0, 0.05) is 10.0 Å². The fraction of sp³-hybridized carbons (Fsp3) is 0.0909. The zero-order valence-electron chi connectivity index (χ0n) is 8.72. The van der Waals surface area contributed by atoms with E-state index in [1.54, 1.807) is 0 Å². The number of imidazole rings is 1. The number of rotatable bonds is 1. The van der Waals surface area contributed by atoms with Gasteiger partial charge in [-0.3, -0.25) is 0 Å². The van der Waals surface area contributed by atoms with Gasteiger partial charge in [0.25, 0.3) is 0 Å². The van der Waals surface area contributed by atoms with E-state index >= 15 is 0 Å². The summed E-state index contributed by atoms with van der Waals surface area (Å²) in [6, 6.07) is 6.52. The molecule has 18 heavy (non-hydrogen) atoms. The van der Waals surface area contributed by atoms with E-state index < -0.39 is 11.9 Å². The minimum atomic E-state index is -4.45. The Morgan fingerprint density at radius 2 is 2.06 bits per heavy atom. The van der Waals surface area contributed by atoms with Crippen LogP contribution in [-0.2, 0) is 6.18 Å². The van der Waals surface area contributed by atoms with E-state index in [2.05, 4.69) is 25.9 Å². The van der Waals surface area contributed by atoms with Crippen LogP contribution in [0.25, 0.3) is 11.4 Å². The number of alkyl halides is 3. The minimum absolute atomic E-state index is 0.104. The van der Waals surface area contributed by atoms with E-state index in [1.165, 1.54) is 18.2 Å². The smallest absolute Gasteiger partial charge is 0.334 e. The molecule has 1 N–H and O–H groups in total. The number of aromatic amines is 1. The molecule has 0 radical (unpaired) electrons. The molecule has 0 fully saturated rings. The van der Waals surface area contributed by atoms with E-state index in [4.69, 9.17) is 5.26 Å². The lowest BCUT2D eigenvalue weighted by Crippen LogP contribution is -2.04. The quantitative estimate of drug-likeness (QED) is 0.871. The number of nitrogens with one attached hydrogen (secondary N) is 1. The standard InChI is InChI=1S/C11H5BrF3N3/c12-8-3-6(1-2-7(8)4-16)10-17-5-9(18-10)11(13,14)15/h1-3,5H,(H,17,18). The first-order valence-corrected chi connectivity index (χ1v) is 5.53. The molecule has 1 heterocycles. The Morgan fingerprint density at radius 3 is 2.56 bits per heavy atom. The van der Waals surface area contributed by atoms with Crippen molar-refractivity contribution in [1.82, 2.24) is 9.97 Å². The molecule has 2 aromatic rings. The normalized spacial score (nSPS) is 11.3. The highest BCUT2D eigenvalue weighted by atomic mass is 79.9. The van der Waals surface area contributed by atoms with E-state index in [0.717, 1.165) is 6.20 Å². The average molecular weight is 316 g/mol. The van der Waals surface area contributed by atoms with Crippen LogP contribution >= 0.6 is 15.9 Å². The van der Waals surface area contributed by atoms with Crippen molar-refractivity contribution in [2.75, 3.05) is 0 Å². The molecule has 0 atom stereocenters. The van der Waals surface area contributed by atoms with Crippen LogP contribution in [0.2, 0.25) is 0 Å². The number of benzene rings is 1. The van der Waals surface area contributed by atoms with Gasteiger partial charge in [-0.1, -0.05) is 0 Å². The minimum Gasteiger partial charge on any atom is -0.334 e. The SMILES string of the molecule is N#Cc1ccc(-c2ncc(C(F)(F)F)[nH]2)cc1Br. The number of nitriles is 1. The van der Waals surface area contributed by atoms with Crippen LogP contribution in [0.5, 0.6) is 0 Å². The van der Waals surface area contributed by atoms with Crippen molar-refractivity contribution < 1.29 is 13.2 Å². The monoisotopic (exact) mass is 315 g/mol. The van der Waals surface area contributed by atoms with Gasteiger partial charge >= 0.3 is 6.18 Å². The van der Waals surface area contributed by atoms with Crippen molar-refractivity contribution in [3.63, 3.8) is 0 Å². The van der Waals surface area contributed by atoms with Crippen LogP contribution < -0.4 is 0 Å². The number of aromatic nitrogens is 2. The van der Waals surface area contributed by atoms with Crippen molar-refractivity contribution in [2.45, 2.75) is 6.18 Å². The predicted molar refractivity (Wildman–Crippen MR) is 61.4 cm³/mol. The Balaban J connectivity index is 2.41. The predicted octanol–water partition coefficient (Wildman–Crippen LogP) is 3.73. The molecular formula is C11H5BrF3N3. The van der Waals surface area contributed by atoms with Gasteiger partial charge in [0.15, 0.2) is 0 Å². The first-order valence-electron chi connectivity index (χ1n) is 4.74. The maximum absolute atomic E-state index is 12.4. The van der Waals surface area contributed by atoms with E-state index in [-0.39, 0.29) is 5.82 Å². The molecule has 0 saturated carbocycles. The van der Waals surface area contributed by atoms with Gasteiger partial charge in [-0.25, -0.2) is 4.98 Å². The van der Waals surface area contributed by atoms with Gasteiger partial charge < -0.3 is 4.98 Å². The third kappa shape index (κ3) is 2.38. The molecule has 2 rings (SSSR count). The van der Waals surface area contributed by atoms with Gasteiger partial charge in [-0.15, -0.1) is 0 Å². The maximum atomic E-state index is 12.4. The number of hydrogen-bond donors (Lipinski definition) is 1. The molecule has 1 aromatic carbocycles. The van der Waals surface area contributed by atoms with Gasteiger partial charge in [-0.05, 0) is 34.1 Å². The Morgan fingerprint density at radius 1 is 1.33 bits per heavy atom. The number of H-pyrrole nitrogens is 1. The molecule has 1 aromatic heterocycles. The lowest BCUT2D eigenvalue weighted by Gasteiger charge is -2.02. The third-order valence-electron chi connectivity index (χ3n) is 2.24. The highest BCUT2D eigenvalue weighted by Gasteiger charge is 2.33. The number of halogens is 4. The molecular weight excluding hydrogens is 311 g/mol. The highest BCUT2D eigenvalue weighted by Crippen LogP contribution is 2.30. The first-order chi connectivity index (χ1) is 8.41. The Labute approximate surface area is 108 Å². The Hall–Kier alpha value is -1.81. The van der Waals surface area contributed by atoms with Crippen molar-refractivity contribution in [2.24, 2.45) is 0 Å². The maximum Gasteiger partial charge on any atom is 0.432 e. The van der Waals surface area contributed by atoms with Crippen LogP contribution in [0.4, 0.5) is 13.2 Å². The number of nitrogens with zero attached hydrogens (tertiary/aromatic N) is 2. The second kappa shape index (κ2) is 4.46. The molecule has 0 aliphatic rings. The van der Waals surface area contributed by atoms with Crippen LogP contribution in [0, 0.1) is 11.3 Å². The zero-order valence-corrected chi connectivity index (χ0v) is 10.3. The van der Waals surface area contributed by atoms with Crippen LogP contribution in [0.15, 0.2) is 28.9 Å². The molecule has 7 heteroatoms. The summed E-state index contributed by atoms with van der Waals surface area (Å²) in [6.45, 7) is 0. The molecule has 3 nitrogen and oxygen atoms in total. The van der Waals surface area contributed by atoms with Gasteiger partial charge in [-0.2, -0.15) is 18.4 Å². The van der Waals surface area contributed by atoms with Crippen LogP contribution in [0.3, 0.4) is 0 Å². The summed E-state index contributed by atoms with van der Waals surface area (Å²) >= 11 is 3.16. The largest absolute Gasteiger partial charge is 0.432 e. The first kappa shape index (κ1) is 12.6. The third-order valence-corrected chi connectivity index (χ3v) is 2.90. The molecule has 0 spiro atoms. The number of hydrogen-bond acceptors (Lipinski definition) is 2. The highest BCUT2D eigenvalue weighted by molar-refractivity contribution is 9.10. The molecule has 0 bridgehead atoms. The lowest BCUT2D eigenvalue weighted by atomic mass is 10.1. The van der Waals surface area contributed by atoms with Crippen molar-refractivity contribution in [3.8, 4) is 17.5 Å². The van der Waals surface area contributed by atoms with Gasteiger partial charge in [0.2, 0.25) is 0 Å². The molecule has 0 amide bonds. The van der Waals surface area contributed by atoms with Crippen LogP contribution in [-0.4, -0.2) is 9.97 Å². The van der Waals surface area contributed by atoms with Crippen molar-refractivity contribution in [3.05, 3.63) is 40.1 Å². The Bertz CT molecular complexity index is 625. The molecule has 0 saturated heterocycles.